The summed E-state index contributed by atoms with van der Waals surface area (Å²) in [5.74, 6) is 0.823. The minimum absolute atomic E-state index is 0.180. The van der Waals surface area contributed by atoms with Crippen molar-refractivity contribution >= 4 is 11.9 Å². The third-order valence-electron chi connectivity index (χ3n) is 2.43. The van der Waals surface area contributed by atoms with Gasteiger partial charge in [0.05, 0.1) is 20.6 Å². The number of hydrogen-bond acceptors (Lipinski definition) is 5. The van der Waals surface area contributed by atoms with Gasteiger partial charge in [0.2, 0.25) is 11.9 Å². The number of anilines is 1. The molecule has 2 N–H and O–H groups in total. The second-order valence-corrected chi connectivity index (χ2v) is 3.74. The van der Waals surface area contributed by atoms with E-state index in [1.165, 1.54) is 7.11 Å². The van der Waals surface area contributed by atoms with Gasteiger partial charge in [-0.25, -0.2) is 5.10 Å². The highest BCUT2D eigenvalue weighted by molar-refractivity contribution is 5.90. The van der Waals surface area contributed by atoms with E-state index >= 15 is 0 Å². The second kappa shape index (κ2) is 5.85. The number of benzene rings is 1. The van der Waals surface area contributed by atoms with Crippen LogP contribution in [0.25, 0.3) is 0 Å². The lowest BCUT2D eigenvalue weighted by Gasteiger charge is -2.03. The molecule has 0 fully saturated rings. The minimum Gasteiger partial charge on any atom is -0.497 e. The van der Waals surface area contributed by atoms with Gasteiger partial charge in [0.15, 0.2) is 0 Å². The van der Waals surface area contributed by atoms with Crippen molar-refractivity contribution in [3.63, 3.8) is 0 Å². The molecule has 1 aromatic heterocycles. The lowest BCUT2D eigenvalue weighted by Crippen LogP contribution is -2.15. The first-order valence-corrected chi connectivity index (χ1v) is 5.60. The number of ether oxygens (including phenoxy) is 2. The highest BCUT2D eigenvalue weighted by Gasteiger charge is 2.08. The average Bonchev–Trinajstić information content (AvgIpc) is 2.87. The minimum atomic E-state index is -0.191. The summed E-state index contributed by atoms with van der Waals surface area (Å²) < 4.78 is 9.85. The number of aromatic amines is 1. The molecule has 1 amide bonds. The topological polar surface area (TPSA) is 89.1 Å². The zero-order valence-electron chi connectivity index (χ0n) is 10.6. The van der Waals surface area contributed by atoms with E-state index in [1.54, 1.807) is 19.2 Å². The maximum Gasteiger partial charge on any atom is 0.336 e. The molecule has 2 rings (SSSR count). The number of H-pyrrole nitrogens is 1. The number of nitrogens with one attached hydrogen (secondary N) is 2. The highest BCUT2D eigenvalue weighted by atomic mass is 16.5. The smallest absolute Gasteiger partial charge is 0.336 e. The number of rotatable bonds is 5. The summed E-state index contributed by atoms with van der Waals surface area (Å²) in [6.45, 7) is 0. The molecule has 0 atom stereocenters. The summed E-state index contributed by atoms with van der Waals surface area (Å²) in [7, 11) is 3.05. The average molecular weight is 262 g/mol. The molecule has 0 bridgehead atoms. The molecule has 0 spiro atoms. The third-order valence-corrected chi connectivity index (χ3v) is 2.43. The van der Waals surface area contributed by atoms with Crippen LogP contribution in [0, 0.1) is 0 Å². The zero-order chi connectivity index (χ0) is 13.7. The Hall–Kier alpha value is -2.57. The maximum absolute atomic E-state index is 11.8. The van der Waals surface area contributed by atoms with Crippen LogP contribution in [0.15, 0.2) is 24.3 Å². The second-order valence-electron chi connectivity index (χ2n) is 3.74. The Labute approximate surface area is 110 Å². The van der Waals surface area contributed by atoms with Crippen LogP contribution in [-0.4, -0.2) is 35.3 Å². The van der Waals surface area contributed by atoms with Gasteiger partial charge in [-0.2, -0.15) is 4.98 Å². The molecular weight excluding hydrogens is 248 g/mol. The first kappa shape index (κ1) is 12.9. The predicted octanol–water partition coefficient (Wildman–Crippen LogP) is 1.00. The van der Waals surface area contributed by atoms with Crippen molar-refractivity contribution in [2.24, 2.45) is 0 Å². The largest absolute Gasteiger partial charge is 0.497 e. The molecule has 1 aromatic carbocycles. The molecule has 7 heteroatoms. The van der Waals surface area contributed by atoms with Crippen molar-refractivity contribution in [2.75, 3.05) is 19.5 Å². The summed E-state index contributed by atoms with van der Waals surface area (Å²) >= 11 is 0. The zero-order valence-corrected chi connectivity index (χ0v) is 10.6. The van der Waals surface area contributed by atoms with Crippen molar-refractivity contribution in [1.82, 2.24) is 15.2 Å². The fourth-order valence-corrected chi connectivity index (χ4v) is 1.50. The Morgan fingerprint density at radius 3 is 2.58 bits per heavy atom. The Morgan fingerprint density at radius 1 is 1.26 bits per heavy atom. The van der Waals surface area contributed by atoms with Gasteiger partial charge < -0.3 is 9.47 Å². The van der Waals surface area contributed by atoms with E-state index in [0.717, 1.165) is 11.3 Å². The molecule has 0 radical (unpaired) electrons. The number of carbonyl (C=O) groups excluding carboxylic acids is 1. The van der Waals surface area contributed by atoms with Crippen LogP contribution < -0.4 is 14.8 Å². The number of nitrogens with zero attached hydrogens (tertiary/aromatic N) is 2. The summed E-state index contributed by atoms with van der Waals surface area (Å²) in [4.78, 5) is 15.7. The highest BCUT2D eigenvalue weighted by Crippen LogP contribution is 2.12. The van der Waals surface area contributed by atoms with Gasteiger partial charge >= 0.3 is 6.01 Å². The van der Waals surface area contributed by atoms with Gasteiger partial charge in [-0.1, -0.05) is 12.1 Å². The van der Waals surface area contributed by atoms with E-state index in [-0.39, 0.29) is 24.3 Å². The lowest BCUT2D eigenvalue weighted by atomic mass is 10.1. The summed E-state index contributed by atoms with van der Waals surface area (Å²) in [6, 6.07) is 7.46. The van der Waals surface area contributed by atoms with Crippen molar-refractivity contribution in [1.29, 1.82) is 0 Å². The summed E-state index contributed by atoms with van der Waals surface area (Å²) in [6.07, 6.45) is 0.243. The summed E-state index contributed by atoms with van der Waals surface area (Å²) in [5, 5.41) is 8.88. The van der Waals surface area contributed by atoms with E-state index in [9.17, 15) is 4.79 Å². The molecular formula is C12H14N4O3. The van der Waals surface area contributed by atoms with Gasteiger partial charge in [-0.15, -0.1) is 5.10 Å². The van der Waals surface area contributed by atoms with Gasteiger partial charge in [0.1, 0.15) is 5.75 Å². The van der Waals surface area contributed by atoms with E-state index < -0.39 is 0 Å². The molecule has 0 saturated carbocycles. The number of methoxy groups -OCH3 is 2. The van der Waals surface area contributed by atoms with Crippen molar-refractivity contribution < 1.29 is 14.3 Å². The van der Waals surface area contributed by atoms with Gasteiger partial charge in [0.25, 0.3) is 0 Å². The molecule has 19 heavy (non-hydrogen) atoms. The standard InChI is InChI=1S/C12H14N4O3/c1-18-9-5-3-8(4-6-9)7-10(17)13-11-14-12(19-2)16-15-11/h3-6H,7H2,1-2H3,(H2,13,14,15,16,17). The van der Waals surface area contributed by atoms with E-state index in [4.69, 9.17) is 9.47 Å². The fourth-order valence-electron chi connectivity index (χ4n) is 1.50. The van der Waals surface area contributed by atoms with Crippen LogP contribution >= 0.6 is 0 Å². The van der Waals surface area contributed by atoms with Crippen LogP contribution in [0.4, 0.5) is 5.95 Å². The first-order chi connectivity index (χ1) is 9.21. The normalized spacial score (nSPS) is 10.0. The number of hydrogen-bond donors (Lipinski definition) is 2. The van der Waals surface area contributed by atoms with Gasteiger partial charge in [-0.3, -0.25) is 10.1 Å². The van der Waals surface area contributed by atoms with Crippen LogP contribution in [0.1, 0.15) is 5.56 Å². The Balaban J connectivity index is 1.93. The fraction of sp³-hybridized carbons (Fsp3) is 0.250. The van der Waals surface area contributed by atoms with Crippen LogP contribution in [0.5, 0.6) is 11.8 Å². The van der Waals surface area contributed by atoms with Crippen LogP contribution in [-0.2, 0) is 11.2 Å². The van der Waals surface area contributed by atoms with Crippen LogP contribution in [0.3, 0.4) is 0 Å². The molecule has 0 unspecified atom stereocenters. The molecule has 100 valence electrons. The quantitative estimate of drug-likeness (QED) is 0.839. The first-order valence-electron chi connectivity index (χ1n) is 5.60. The molecule has 7 nitrogen and oxygen atoms in total. The van der Waals surface area contributed by atoms with Crippen molar-refractivity contribution in [2.45, 2.75) is 6.42 Å². The SMILES string of the molecule is COc1ccc(CC(=O)Nc2nc(OC)n[nH]2)cc1. The number of carbonyl (C=O) groups is 1. The molecule has 0 aliphatic heterocycles. The molecule has 1 heterocycles. The number of amides is 1. The van der Waals surface area contributed by atoms with Gasteiger partial charge in [0, 0.05) is 0 Å². The number of aromatic nitrogens is 3. The third kappa shape index (κ3) is 3.44. The maximum atomic E-state index is 11.8. The Bertz CT molecular complexity index is 550. The molecule has 0 saturated heterocycles. The molecule has 0 aliphatic rings. The van der Waals surface area contributed by atoms with E-state index in [0.29, 0.717) is 0 Å². The predicted molar refractivity (Wildman–Crippen MR) is 68.3 cm³/mol. The molecule has 0 aliphatic carbocycles. The summed E-state index contributed by atoms with van der Waals surface area (Å²) in [5.41, 5.74) is 0.879. The van der Waals surface area contributed by atoms with Crippen molar-refractivity contribution in [3.8, 4) is 11.8 Å². The Morgan fingerprint density at radius 2 is 2.00 bits per heavy atom. The lowest BCUT2D eigenvalue weighted by molar-refractivity contribution is -0.115. The van der Waals surface area contributed by atoms with Gasteiger partial charge in [-0.05, 0) is 17.7 Å². The van der Waals surface area contributed by atoms with Crippen LogP contribution in [0.2, 0.25) is 0 Å². The molecule has 2 aromatic rings. The Kier molecular flexibility index (Phi) is 3.97. The van der Waals surface area contributed by atoms with E-state index in [2.05, 4.69) is 20.5 Å². The monoisotopic (exact) mass is 262 g/mol. The van der Waals surface area contributed by atoms with E-state index in [1.807, 2.05) is 12.1 Å². The van der Waals surface area contributed by atoms with Crippen molar-refractivity contribution in [3.05, 3.63) is 29.8 Å².